The molecule has 11 heteroatoms. The average molecular weight is 1200 g/mol. The van der Waals surface area contributed by atoms with Crippen LogP contribution in [0.15, 0.2) is 188 Å². The second-order valence-electron chi connectivity index (χ2n) is 22.7. The van der Waals surface area contributed by atoms with Crippen LogP contribution in [0.2, 0.25) is 0 Å². The molecule has 0 saturated carbocycles. The number of para-hydroxylation sites is 4. The van der Waals surface area contributed by atoms with Gasteiger partial charge in [0.25, 0.3) is 0 Å². The molecule has 78 heavy (non-hydrogen) atoms. The minimum absolute atomic E-state index is 0. The van der Waals surface area contributed by atoms with Crippen LogP contribution >= 0.6 is 0 Å². The van der Waals surface area contributed by atoms with E-state index in [2.05, 4.69) is 219 Å². The summed E-state index contributed by atoms with van der Waals surface area (Å²) in [5.41, 5.74) is 13.2. The van der Waals surface area contributed by atoms with Crippen molar-refractivity contribution in [2.24, 2.45) is 6.98 Å². The molecule has 5 heterocycles. The van der Waals surface area contributed by atoms with E-state index < -0.39 is 6.98 Å². The van der Waals surface area contributed by atoms with E-state index in [4.69, 9.17) is 13.8 Å². The van der Waals surface area contributed by atoms with E-state index in [0.29, 0.717) is 28.0 Å². The van der Waals surface area contributed by atoms with Gasteiger partial charge in [0.15, 0.2) is 14.6 Å². The van der Waals surface area contributed by atoms with E-state index in [-0.39, 0.29) is 43.3 Å². The van der Waals surface area contributed by atoms with Gasteiger partial charge in [-0.2, -0.15) is 6.07 Å². The Morgan fingerprint density at radius 2 is 1.18 bits per heavy atom. The molecule has 0 unspecified atom stereocenters. The molecule has 0 bridgehead atoms. The van der Waals surface area contributed by atoms with Gasteiger partial charge in [-0.1, -0.05) is 139 Å². The fraction of sp³-hybridized carbons (Fsp3) is 0.194. The molecule has 392 valence electrons. The molecule has 8 aromatic rings. The number of nitrogens with zero attached hydrogens (tertiary/aromatic N) is 5. The van der Waals surface area contributed by atoms with Crippen molar-refractivity contribution in [1.82, 2.24) is 24.8 Å². The second-order valence-corrected chi connectivity index (χ2v) is 22.7. The third kappa shape index (κ3) is 10.7. The number of fused-ring (bicyclic) bond motifs is 5. The Hall–Kier alpha value is -7.67. The quantitative estimate of drug-likeness (QED) is 0.122. The summed E-state index contributed by atoms with van der Waals surface area (Å²) in [5.74, 6) is 5.38. The Bertz CT molecular complexity index is 3910. The summed E-state index contributed by atoms with van der Waals surface area (Å²) >= 11 is 0. The van der Waals surface area contributed by atoms with Gasteiger partial charge >= 0.3 is 0 Å². The summed E-state index contributed by atoms with van der Waals surface area (Å²) in [7, 11) is 4.36. The van der Waals surface area contributed by atoms with Crippen molar-refractivity contribution in [3.63, 3.8) is 0 Å². The molecule has 3 aliphatic rings. The molecule has 0 fully saturated rings. The molecule has 11 rings (SSSR count). The van der Waals surface area contributed by atoms with Crippen LogP contribution in [-0.2, 0) is 44.3 Å². The first-order valence-corrected chi connectivity index (χ1v) is 26.3. The number of anilines is 4. The number of hydrogen-bond acceptors (Lipinski definition) is 6. The number of aryl methyl sites for hydroxylation is 1. The fourth-order valence-electron chi connectivity index (χ4n) is 10.0. The molecule has 2 aromatic heterocycles. The Morgan fingerprint density at radius 1 is 0.577 bits per heavy atom. The van der Waals surface area contributed by atoms with E-state index >= 15 is 0 Å². The van der Waals surface area contributed by atoms with Crippen LogP contribution in [0.1, 0.15) is 94.2 Å². The number of rotatable bonds is 7. The summed E-state index contributed by atoms with van der Waals surface area (Å²) in [6.45, 7) is 19.6. The number of hydrogen-bond donors (Lipinski definition) is 2. The van der Waals surface area contributed by atoms with Crippen LogP contribution in [0.4, 0.5) is 22.7 Å². The molecule has 6 aromatic carbocycles. The predicted molar refractivity (Wildman–Crippen MR) is 325 cm³/mol. The summed E-state index contributed by atoms with van der Waals surface area (Å²) in [5, 5.41) is 8.37. The van der Waals surface area contributed by atoms with Crippen LogP contribution in [-0.4, -0.2) is 28.7 Å². The zero-order valence-electron chi connectivity index (χ0n) is 48.6. The van der Waals surface area contributed by atoms with Crippen LogP contribution in [0.5, 0.6) is 11.5 Å². The van der Waals surface area contributed by atoms with Crippen LogP contribution in [0.3, 0.4) is 0 Å². The molecule has 0 aliphatic carbocycles. The first-order chi connectivity index (χ1) is 38.2. The number of ether oxygens (including phenoxy) is 1. The molecule has 0 atom stereocenters. The van der Waals surface area contributed by atoms with Gasteiger partial charge in [-0.3, -0.25) is 0 Å². The van der Waals surface area contributed by atoms with E-state index in [1.54, 1.807) is 6.07 Å². The minimum Gasteiger partial charge on any atom is -0.509 e. The van der Waals surface area contributed by atoms with E-state index in [9.17, 15) is 0 Å². The van der Waals surface area contributed by atoms with Crippen molar-refractivity contribution in [3.8, 4) is 17.4 Å². The van der Waals surface area contributed by atoms with Crippen molar-refractivity contribution in [1.29, 1.82) is 0 Å². The number of nitrogens with one attached hydrogen (secondary N) is 2. The Balaban J connectivity index is 0.00000736. The smallest absolute Gasteiger partial charge is 0.213 e. The van der Waals surface area contributed by atoms with Gasteiger partial charge in [0.1, 0.15) is 0 Å². The largest absolute Gasteiger partial charge is 0.509 e. The number of benzene rings is 6. The molecule has 2 N–H and O–H groups in total. The van der Waals surface area contributed by atoms with Gasteiger partial charge in [-0.05, 0) is 111 Å². The molecule has 2 radical (unpaired) electrons. The normalized spacial score (nSPS) is 19.4. The van der Waals surface area contributed by atoms with Gasteiger partial charge < -0.3 is 34.3 Å². The summed E-state index contributed by atoms with van der Waals surface area (Å²) < 4.78 is 36.6. The maximum absolute atomic E-state index is 8.78. The zero-order valence-corrected chi connectivity index (χ0v) is 47.9. The second kappa shape index (κ2) is 21.6. The monoisotopic (exact) mass is 1200 g/mol. The molecule has 3 aliphatic heterocycles. The first-order valence-electron chi connectivity index (χ1n) is 27.8. The fourth-order valence-corrected chi connectivity index (χ4v) is 10.0. The van der Waals surface area contributed by atoms with Crippen molar-refractivity contribution in [3.05, 3.63) is 235 Å². The van der Waals surface area contributed by atoms with Crippen molar-refractivity contribution in [2.45, 2.75) is 78.6 Å². The topological polar surface area (TPSA) is 62.5 Å². The molecule has 0 saturated heterocycles. The van der Waals surface area contributed by atoms with Gasteiger partial charge in [0.05, 0.1) is 11.0 Å². The van der Waals surface area contributed by atoms with Gasteiger partial charge in [0, 0.05) is 91.0 Å². The standard InChI is InChI=1S/C67H64B2N7O.Pt/c1-65(2,3)45-27-30-58-52(39-45)51-29-28-49(43-62(51)76(58)64-72-57-23-11-12-24-59(57)73(64)10)77-50-38-46(66(4,5)6)37-48(42-50)74-44-75(61-26-14-13-25-60(61)74)63-53(55-21-19-35-70-33-17-15-31-68-55)40-47(67(7,8)9)41-54(63)56-22-20-36-71-34-18-16-32-69-56;/h11-41,44,70-71H,1-10H3;/q-3;/b31-15-,32-16-,33-17-,34-18-,35-19-,36-20-,55-21-,56-22-;/i10D3;. The zero-order chi connectivity index (χ0) is 56.1. The van der Waals surface area contributed by atoms with Gasteiger partial charge in [-0.25, -0.2) is 4.98 Å². The van der Waals surface area contributed by atoms with Gasteiger partial charge in [-0.15, -0.1) is 65.6 Å². The van der Waals surface area contributed by atoms with Crippen molar-refractivity contribution < 1.29 is 29.9 Å². The van der Waals surface area contributed by atoms with Crippen LogP contribution in [0.25, 0.3) is 49.7 Å². The molecular formula is C67H64B2N7OPt-3. The van der Waals surface area contributed by atoms with E-state index in [1.807, 2.05) is 84.0 Å². The summed E-state index contributed by atoms with van der Waals surface area (Å²) in [6.07, 6.45) is 24.2. The Kier molecular flexibility index (Phi) is 13.8. The number of imidazole rings is 1. The number of aromatic nitrogens is 3. The maximum atomic E-state index is 8.78. The Morgan fingerprint density at radius 3 is 1.82 bits per heavy atom. The minimum atomic E-state index is -2.53. The maximum Gasteiger partial charge on any atom is 0.213 e. The molecule has 0 amide bonds. The van der Waals surface area contributed by atoms with E-state index in [1.165, 1.54) is 10.1 Å². The summed E-state index contributed by atoms with van der Waals surface area (Å²) in [4.78, 5) is 9.54. The third-order valence-electron chi connectivity index (χ3n) is 14.2. The van der Waals surface area contributed by atoms with E-state index in [0.717, 1.165) is 72.2 Å². The van der Waals surface area contributed by atoms with Crippen molar-refractivity contribution in [2.75, 3.05) is 9.80 Å². The van der Waals surface area contributed by atoms with Crippen LogP contribution < -0.4 is 25.2 Å². The predicted octanol–water partition coefficient (Wildman–Crippen LogP) is 15.7. The summed E-state index contributed by atoms with van der Waals surface area (Å²) in [6, 6.07) is 42.5. The molecule has 0 spiro atoms. The Labute approximate surface area is 480 Å². The van der Waals surface area contributed by atoms with Crippen LogP contribution in [0, 0.1) is 18.8 Å². The van der Waals surface area contributed by atoms with Crippen molar-refractivity contribution >= 4 is 81.1 Å². The first kappa shape index (κ1) is 49.9. The molecular weight excluding hydrogens is 1140 g/mol. The average Bonchev–Trinajstić information content (AvgIpc) is 4.33. The number of allylic oxidation sites excluding steroid dienone is 8. The third-order valence-corrected chi connectivity index (χ3v) is 14.2. The SMILES string of the molecule is [2H]C([2H])([2H])n1c(-n2c3[c-]c(Oc4[c-]c(N5[CH-]N(c6c(/C7=C/C=C\N/C=C\C=C/[B]7)cc(C(C)(C)C)cc6/C6=C/C=C\N/C=C\C=C/[B]6)c6ccccc65)cc(C(C)(C)C)c4)ccc3c3cc(C(C)(C)C)ccc32)nc2ccccc21.[Pt]. The molecule has 8 nitrogen and oxygen atoms in total. The van der Waals surface area contributed by atoms with Gasteiger partial charge in [0.2, 0.25) is 5.95 Å².